The van der Waals surface area contributed by atoms with E-state index in [0.717, 1.165) is 22.7 Å². The zero-order valence-electron chi connectivity index (χ0n) is 33.7. The summed E-state index contributed by atoms with van der Waals surface area (Å²) in [7, 11) is 0. The fourth-order valence-electron chi connectivity index (χ4n) is 10.00. The van der Waals surface area contributed by atoms with Crippen molar-refractivity contribution < 1.29 is 0 Å². The monoisotopic (exact) mass is 770 g/mol. The van der Waals surface area contributed by atoms with Crippen LogP contribution < -0.4 is 4.90 Å². The van der Waals surface area contributed by atoms with Gasteiger partial charge in [0.05, 0.1) is 22.4 Å². The molecule has 0 atom stereocenters. The molecule has 11 rings (SSSR count). The minimum absolute atomic E-state index is 0.574. The van der Waals surface area contributed by atoms with E-state index in [-0.39, 0.29) is 0 Å². The molecule has 10 aromatic rings. The quantitative estimate of drug-likeness (QED) is 0.149. The van der Waals surface area contributed by atoms with E-state index in [0.29, 0.717) is 5.92 Å². The number of fused-ring (bicyclic) bond motifs is 4. The largest absolute Gasteiger partial charge is 0.309 e. The van der Waals surface area contributed by atoms with Crippen molar-refractivity contribution in [2.75, 3.05) is 4.90 Å². The van der Waals surface area contributed by atoms with Gasteiger partial charge in [-0.15, -0.1) is 0 Å². The Morgan fingerprint density at radius 3 is 1.83 bits per heavy atom. The van der Waals surface area contributed by atoms with E-state index in [1.165, 1.54) is 104 Å². The van der Waals surface area contributed by atoms with Crippen LogP contribution in [0.25, 0.3) is 71.6 Å². The van der Waals surface area contributed by atoms with Crippen LogP contribution in [-0.4, -0.2) is 4.57 Å². The van der Waals surface area contributed by atoms with Crippen molar-refractivity contribution in [2.45, 2.75) is 38.0 Å². The smallest absolute Gasteiger partial charge is 0.0561 e. The summed E-state index contributed by atoms with van der Waals surface area (Å²) in [5, 5.41) is 5.18. The molecule has 1 heterocycles. The van der Waals surface area contributed by atoms with E-state index < -0.39 is 0 Å². The molecule has 60 heavy (non-hydrogen) atoms. The van der Waals surface area contributed by atoms with Gasteiger partial charge in [0.1, 0.15) is 0 Å². The van der Waals surface area contributed by atoms with Crippen LogP contribution in [-0.2, 0) is 0 Å². The van der Waals surface area contributed by atoms with Crippen LogP contribution in [0.5, 0.6) is 0 Å². The molecule has 1 aliphatic carbocycles. The molecule has 1 fully saturated rings. The fourth-order valence-corrected chi connectivity index (χ4v) is 10.00. The molecule has 0 aliphatic heterocycles. The van der Waals surface area contributed by atoms with Crippen molar-refractivity contribution >= 4 is 49.6 Å². The number of hydrogen-bond donors (Lipinski definition) is 0. The van der Waals surface area contributed by atoms with Gasteiger partial charge in [0, 0.05) is 33.3 Å². The standard InChI is InChI=1S/C58H46N2/c1-5-19-41(20-6-1)45-35-38-56(53(39-45)43-23-9-3-10-24-43)60(47-36-37-51-49-29-13-15-33-54(49)59(57(51)40-47)46-27-11-4-12-28-46)55-34-16-14-30-50(55)52-32-18-26-44-25-17-31-48(58(44)52)42-21-7-2-8-22-42/h1,3-6,9-20,23-40,42H,2,7-8,21-22H2. The van der Waals surface area contributed by atoms with Crippen LogP contribution in [0.15, 0.2) is 212 Å². The van der Waals surface area contributed by atoms with Crippen LogP contribution in [0.3, 0.4) is 0 Å². The van der Waals surface area contributed by atoms with Gasteiger partial charge >= 0.3 is 0 Å². The Morgan fingerprint density at radius 1 is 0.400 bits per heavy atom. The number of benzene rings is 9. The van der Waals surface area contributed by atoms with E-state index in [4.69, 9.17) is 0 Å². The number of anilines is 3. The summed E-state index contributed by atoms with van der Waals surface area (Å²) in [6.07, 6.45) is 6.45. The van der Waals surface area contributed by atoms with Crippen LogP contribution in [0, 0.1) is 0 Å². The van der Waals surface area contributed by atoms with E-state index in [1.807, 2.05) is 0 Å². The molecule has 288 valence electrons. The number of rotatable bonds is 8. The second-order valence-electron chi connectivity index (χ2n) is 16.3. The summed E-state index contributed by atoms with van der Waals surface area (Å²) >= 11 is 0. The number of aromatic nitrogens is 1. The molecule has 0 amide bonds. The Balaban J connectivity index is 1.21. The Labute approximate surface area is 352 Å². The van der Waals surface area contributed by atoms with Gasteiger partial charge < -0.3 is 9.47 Å². The molecule has 2 nitrogen and oxygen atoms in total. The van der Waals surface area contributed by atoms with E-state index in [1.54, 1.807) is 0 Å². The lowest BCUT2D eigenvalue weighted by Crippen LogP contribution is -2.13. The maximum atomic E-state index is 2.53. The summed E-state index contributed by atoms with van der Waals surface area (Å²) in [5.41, 5.74) is 15.7. The second kappa shape index (κ2) is 15.5. The predicted molar refractivity (Wildman–Crippen MR) is 255 cm³/mol. The predicted octanol–water partition coefficient (Wildman–Crippen LogP) is 16.5. The van der Waals surface area contributed by atoms with Crippen molar-refractivity contribution in [2.24, 2.45) is 0 Å². The van der Waals surface area contributed by atoms with Gasteiger partial charge in [-0.2, -0.15) is 0 Å². The third-order valence-electron chi connectivity index (χ3n) is 12.8. The fraction of sp³-hybridized carbons (Fsp3) is 0.103. The van der Waals surface area contributed by atoms with Gasteiger partial charge in [-0.1, -0.05) is 183 Å². The SMILES string of the molecule is c1ccc(-c2ccc(N(c3ccc4c5ccccc5n(-c5ccccc5)c4c3)c3ccccc3-c3cccc4cccc(C5CCCCC5)c34)c(-c3ccccc3)c2)cc1. The lowest BCUT2D eigenvalue weighted by Gasteiger charge is -2.31. The molecule has 0 radical (unpaired) electrons. The van der Waals surface area contributed by atoms with Crippen LogP contribution in [0.1, 0.15) is 43.6 Å². The number of hydrogen-bond acceptors (Lipinski definition) is 1. The summed E-state index contributed by atoms with van der Waals surface area (Å²) in [6, 6.07) is 78.3. The molecule has 0 bridgehead atoms. The maximum absolute atomic E-state index is 2.53. The zero-order valence-corrected chi connectivity index (χ0v) is 33.7. The first kappa shape index (κ1) is 36.0. The van der Waals surface area contributed by atoms with Gasteiger partial charge in [-0.3, -0.25) is 0 Å². The number of nitrogens with zero attached hydrogens (tertiary/aromatic N) is 2. The van der Waals surface area contributed by atoms with Crippen LogP contribution >= 0.6 is 0 Å². The van der Waals surface area contributed by atoms with E-state index >= 15 is 0 Å². The summed E-state index contributed by atoms with van der Waals surface area (Å²) < 4.78 is 2.43. The van der Waals surface area contributed by atoms with Crippen molar-refractivity contribution in [3.63, 3.8) is 0 Å². The van der Waals surface area contributed by atoms with Crippen LogP contribution in [0.2, 0.25) is 0 Å². The topological polar surface area (TPSA) is 8.17 Å². The van der Waals surface area contributed by atoms with Crippen molar-refractivity contribution in [1.82, 2.24) is 4.57 Å². The molecule has 9 aromatic carbocycles. The maximum Gasteiger partial charge on any atom is 0.0561 e. The molecule has 1 aliphatic rings. The van der Waals surface area contributed by atoms with E-state index in [2.05, 4.69) is 222 Å². The first-order chi connectivity index (χ1) is 29.8. The molecule has 1 saturated carbocycles. The van der Waals surface area contributed by atoms with Gasteiger partial charge in [0.15, 0.2) is 0 Å². The highest BCUT2D eigenvalue weighted by molar-refractivity contribution is 6.11. The Kier molecular flexibility index (Phi) is 9.32. The Bertz CT molecular complexity index is 3110. The van der Waals surface area contributed by atoms with Gasteiger partial charge in [-0.05, 0) is 106 Å². The summed E-state index contributed by atoms with van der Waals surface area (Å²) in [4.78, 5) is 2.53. The molecular formula is C58H46N2. The highest BCUT2D eigenvalue weighted by Gasteiger charge is 2.25. The molecule has 0 spiro atoms. The zero-order chi connectivity index (χ0) is 39.8. The number of para-hydroxylation sites is 3. The van der Waals surface area contributed by atoms with Gasteiger partial charge in [0.2, 0.25) is 0 Å². The van der Waals surface area contributed by atoms with Crippen LogP contribution in [0.4, 0.5) is 17.1 Å². The van der Waals surface area contributed by atoms with Gasteiger partial charge in [-0.25, -0.2) is 0 Å². The van der Waals surface area contributed by atoms with E-state index in [9.17, 15) is 0 Å². The molecule has 2 heteroatoms. The summed E-state index contributed by atoms with van der Waals surface area (Å²) in [6.45, 7) is 0. The van der Waals surface area contributed by atoms with Gasteiger partial charge in [0.25, 0.3) is 0 Å². The highest BCUT2D eigenvalue weighted by atomic mass is 15.1. The summed E-state index contributed by atoms with van der Waals surface area (Å²) in [5.74, 6) is 0.574. The van der Waals surface area contributed by atoms with Crippen molar-refractivity contribution in [3.05, 3.63) is 218 Å². The normalized spacial score (nSPS) is 13.3. The minimum atomic E-state index is 0.574. The average Bonchev–Trinajstić information content (AvgIpc) is 3.66. The lowest BCUT2D eigenvalue weighted by atomic mass is 9.80. The highest BCUT2D eigenvalue weighted by Crippen LogP contribution is 2.49. The van der Waals surface area contributed by atoms with Crippen molar-refractivity contribution in [1.29, 1.82) is 0 Å². The Hall–Kier alpha value is -7.16. The molecule has 0 unspecified atom stereocenters. The third kappa shape index (κ3) is 6.37. The second-order valence-corrected chi connectivity index (χ2v) is 16.3. The molecule has 1 aromatic heterocycles. The lowest BCUT2D eigenvalue weighted by molar-refractivity contribution is 0.445. The Morgan fingerprint density at radius 2 is 1.03 bits per heavy atom. The molecule has 0 N–H and O–H groups in total. The molecule has 0 saturated heterocycles. The third-order valence-corrected chi connectivity index (χ3v) is 12.8. The minimum Gasteiger partial charge on any atom is -0.309 e. The first-order valence-electron chi connectivity index (χ1n) is 21.5. The average molecular weight is 771 g/mol. The first-order valence-corrected chi connectivity index (χ1v) is 21.5. The van der Waals surface area contributed by atoms with Crippen molar-refractivity contribution in [3.8, 4) is 39.1 Å². The molecular weight excluding hydrogens is 725 g/mol.